The van der Waals surface area contributed by atoms with Gasteiger partial charge in [0, 0.05) is 23.0 Å². The van der Waals surface area contributed by atoms with Crippen molar-refractivity contribution in [1.29, 1.82) is 0 Å². The molecule has 1 saturated heterocycles. The third-order valence-electron chi connectivity index (χ3n) is 4.00. The molecule has 5 nitrogen and oxygen atoms in total. The lowest BCUT2D eigenvalue weighted by Gasteiger charge is -2.27. The maximum absolute atomic E-state index is 12.3. The number of methoxy groups -OCH3 is 2. The molecule has 1 aliphatic rings. The fourth-order valence-electron chi connectivity index (χ4n) is 2.73. The number of ether oxygens (including phenoxy) is 2. The van der Waals surface area contributed by atoms with E-state index in [4.69, 9.17) is 9.47 Å². The number of piperidine rings is 1. The first-order valence-electron chi connectivity index (χ1n) is 7.46. The second-order valence-corrected chi connectivity index (χ2v) is 6.45. The molecule has 7 heteroatoms. The number of nitrogens with one attached hydrogen (secondary N) is 2. The van der Waals surface area contributed by atoms with Gasteiger partial charge in [0.15, 0.2) is 11.5 Å². The first-order chi connectivity index (χ1) is 10.5. The van der Waals surface area contributed by atoms with E-state index in [1.807, 2.05) is 12.1 Å². The molecule has 1 heterocycles. The fraction of sp³-hybridized carbons (Fsp3) is 0.562. The number of amides is 1. The lowest BCUT2D eigenvalue weighted by atomic mass is 9.92. The summed E-state index contributed by atoms with van der Waals surface area (Å²) in [6.45, 7) is 3.49. The van der Waals surface area contributed by atoms with Gasteiger partial charge >= 0.3 is 0 Å². The van der Waals surface area contributed by atoms with Crippen molar-refractivity contribution < 1.29 is 14.3 Å². The van der Waals surface area contributed by atoms with Gasteiger partial charge < -0.3 is 20.1 Å². The summed E-state index contributed by atoms with van der Waals surface area (Å²) in [5.41, 5.74) is 0.966. The Morgan fingerprint density at radius 2 is 2.00 bits per heavy atom. The molecule has 0 saturated carbocycles. The summed E-state index contributed by atoms with van der Waals surface area (Å²) in [6.07, 6.45) is 1.78. The zero-order valence-electron chi connectivity index (χ0n) is 13.6. The quantitative estimate of drug-likeness (QED) is 0.788. The van der Waals surface area contributed by atoms with Crippen LogP contribution in [0.15, 0.2) is 16.6 Å². The van der Waals surface area contributed by atoms with Crippen LogP contribution in [-0.4, -0.2) is 32.7 Å². The van der Waals surface area contributed by atoms with E-state index in [-0.39, 0.29) is 24.2 Å². The molecular weight excluding hydrogens is 384 g/mol. The molecule has 0 aromatic heterocycles. The van der Waals surface area contributed by atoms with Crippen LogP contribution in [0.2, 0.25) is 0 Å². The second kappa shape index (κ2) is 9.35. The predicted molar refractivity (Wildman–Crippen MR) is 96.5 cm³/mol. The summed E-state index contributed by atoms with van der Waals surface area (Å²) in [6, 6.07) is 4.14. The number of benzene rings is 1. The van der Waals surface area contributed by atoms with Crippen LogP contribution in [0.1, 0.15) is 25.3 Å². The van der Waals surface area contributed by atoms with Crippen LogP contribution in [0.3, 0.4) is 0 Å². The van der Waals surface area contributed by atoms with Gasteiger partial charge in [-0.25, -0.2) is 0 Å². The Kier molecular flexibility index (Phi) is 8.16. The second-order valence-electron chi connectivity index (χ2n) is 5.59. The van der Waals surface area contributed by atoms with Crippen LogP contribution in [0.4, 0.5) is 0 Å². The maximum atomic E-state index is 12.3. The molecule has 0 aliphatic carbocycles. The number of rotatable bonds is 5. The summed E-state index contributed by atoms with van der Waals surface area (Å²) in [5, 5.41) is 6.39. The molecule has 1 aromatic carbocycles. The average Bonchev–Trinajstić information content (AvgIpc) is 2.53. The number of halogens is 2. The highest BCUT2D eigenvalue weighted by molar-refractivity contribution is 9.10. The van der Waals surface area contributed by atoms with E-state index in [0.717, 1.165) is 29.4 Å². The van der Waals surface area contributed by atoms with E-state index in [2.05, 4.69) is 33.5 Å². The standard InChI is InChI=1S/C16H23BrN2O3.ClH/c1-10-6-11(4-5-18-10)16(20)19-9-12-7-14(21-2)15(22-3)8-13(12)17;/h7-8,10-11,18H,4-6,9H2,1-3H3,(H,19,20);1H/t10-,11-;/m0./s1. The Hall–Kier alpha value is -0.980. The van der Waals surface area contributed by atoms with Gasteiger partial charge in [0.1, 0.15) is 0 Å². The van der Waals surface area contributed by atoms with E-state index in [1.54, 1.807) is 14.2 Å². The third kappa shape index (κ3) is 5.26. The molecule has 1 fully saturated rings. The highest BCUT2D eigenvalue weighted by atomic mass is 79.9. The van der Waals surface area contributed by atoms with E-state index in [0.29, 0.717) is 24.1 Å². The van der Waals surface area contributed by atoms with Crippen LogP contribution in [0.25, 0.3) is 0 Å². The number of carbonyl (C=O) groups is 1. The number of hydrogen-bond acceptors (Lipinski definition) is 4. The van der Waals surface area contributed by atoms with Crippen LogP contribution >= 0.6 is 28.3 Å². The van der Waals surface area contributed by atoms with Crippen molar-refractivity contribution in [3.63, 3.8) is 0 Å². The lowest BCUT2D eigenvalue weighted by molar-refractivity contribution is -0.126. The van der Waals surface area contributed by atoms with Gasteiger partial charge in [-0.05, 0) is 44.0 Å². The molecule has 0 spiro atoms. The predicted octanol–water partition coefficient (Wildman–Crippen LogP) is 2.89. The molecule has 2 rings (SSSR count). The molecular formula is C16H24BrClN2O3. The van der Waals surface area contributed by atoms with Crippen LogP contribution in [0, 0.1) is 5.92 Å². The molecule has 23 heavy (non-hydrogen) atoms. The fourth-order valence-corrected chi connectivity index (χ4v) is 3.19. The summed E-state index contributed by atoms with van der Waals surface area (Å²) in [5.74, 6) is 1.53. The Labute approximate surface area is 152 Å². The largest absolute Gasteiger partial charge is 0.493 e. The SMILES string of the molecule is COc1cc(Br)c(CNC(=O)[C@H]2CCN[C@@H](C)C2)cc1OC.Cl. The van der Waals surface area contributed by atoms with Gasteiger partial charge in [0.2, 0.25) is 5.91 Å². The topological polar surface area (TPSA) is 59.6 Å². The highest BCUT2D eigenvalue weighted by Gasteiger charge is 2.24. The molecule has 1 aliphatic heterocycles. The van der Waals surface area contributed by atoms with E-state index >= 15 is 0 Å². The van der Waals surface area contributed by atoms with Crippen molar-refractivity contribution in [2.45, 2.75) is 32.4 Å². The minimum Gasteiger partial charge on any atom is -0.493 e. The molecule has 0 unspecified atom stereocenters. The summed E-state index contributed by atoms with van der Waals surface area (Å²) < 4.78 is 11.5. The first-order valence-corrected chi connectivity index (χ1v) is 8.26. The van der Waals surface area contributed by atoms with E-state index in [9.17, 15) is 4.79 Å². The van der Waals surface area contributed by atoms with Crippen LogP contribution in [0.5, 0.6) is 11.5 Å². The Morgan fingerprint density at radius 1 is 1.35 bits per heavy atom. The molecule has 2 N–H and O–H groups in total. The van der Waals surface area contributed by atoms with Crippen molar-refractivity contribution in [2.75, 3.05) is 20.8 Å². The Morgan fingerprint density at radius 3 is 2.61 bits per heavy atom. The van der Waals surface area contributed by atoms with Crippen molar-refractivity contribution in [1.82, 2.24) is 10.6 Å². The highest BCUT2D eigenvalue weighted by Crippen LogP contribution is 2.33. The molecule has 1 aromatic rings. The lowest BCUT2D eigenvalue weighted by Crippen LogP contribution is -2.42. The van der Waals surface area contributed by atoms with Gasteiger partial charge in [0.25, 0.3) is 0 Å². The van der Waals surface area contributed by atoms with Crippen molar-refractivity contribution in [2.24, 2.45) is 5.92 Å². The molecule has 130 valence electrons. The minimum absolute atomic E-state index is 0. The maximum Gasteiger partial charge on any atom is 0.223 e. The van der Waals surface area contributed by atoms with E-state index in [1.165, 1.54) is 0 Å². The van der Waals surface area contributed by atoms with Crippen molar-refractivity contribution in [3.8, 4) is 11.5 Å². The first kappa shape index (κ1) is 20.1. The van der Waals surface area contributed by atoms with Crippen molar-refractivity contribution >= 4 is 34.2 Å². The molecule has 2 atom stereocenters. The third-order valence-corrected chi connectivity index (χ3v) is 4.74. The van der Waals surface area contributed by atoms with Crippen molar-refractivity contribution in [3.05, 3.63) is 22.2 Å². The minimum atomic E-state index is 0. The van der Waals surface area contributed by atoms with Gasteiger partial charge in [-0.15, -0.1) is 12.4 Å². The summed E-state index contributed by atoms with van der Waals surface area (Å²) in [7, 11) is 3.20. The number of hydrogen-bond donors (Lipinski definition) is 2. The molecule has 0 bridgehead atoms. The zero-order chi connectivity index (χ0) is 16.1. The van der Waals surface area contributed by atoms with Crippen LogP contribution < -0.4 is 20.1 Å². The van der Waals surface area contributed by atoms with E-state index < -0.39 is 0 Å². The Balaban J connectivity index is 0.00000264. The van der Waals surface area contributed by atoms with Gasteiger partial charge in [-0.3, -0.25) is 4.79 Å². The number of carbonyl (C=O) groups excluding carboxylic acids is 1. The van der Waals surface area contributed by atoms with Crippen LogP contribution in [-0.2, 0) is 11.3 Å². The normalized spacial score (nSPS) is 20.3. The smallest absolute Gasteiger partial charge is 0.223 e. The van der Waals surface area contributed by atoms with Gasteiger partial charge in [0.05, 0.1) is 14.2 Å². The van der Waals surface area contributed by atoms with Gasteiger partial charge in [-0.2, -0.15) is 0 Å². The monoisotopic (exact) mass is 406 g/mol. The summed E-state index contributed by atoms with van der Waals surface area (Å²) >= 11 is 3.51. The molecule has 0 radical (unpaired) electrons. The zero-order valence-corrected chi connectivity index (χ0v) is 16.1. The average molecular weight is 408 g/mol. The van der Waals surface area contributed by atoms with Gasteiger partial charge in [-0.1, -0.05) is 15.9 Å². The summed E-state index contributed by atoms with van der Waals surface area (Å²) in [4.78, 5) is 12.3. The molecule has 1 amide bonds. The Bertz CT molecular complexity index is 542.